The Morgan fingerprint density at radius 1 is 1.00 bits per heavy atom. The minimum Gasteiger partial charge on any atom is -0.494 e. The summed E-state index contributed by atoms with van der Waals surface area (Å²) in [6.07, 6.45) is 0. The van der Waals surface area contributed by atoms with E-state index in [1.807, 2.05) is 6.07 Å². The van der Waals surface area contributed by atoms with Gasteiger partial charge >= 0.3 is 5.69 Å². The minimum atomic E-state index is -0.692. The number of anilines is 1. The van der Waals surface area contributed by atoms with E-state index in [2.05, 4.69) is 10.3 Å². The van der Waals surface area contributed by atoms with Crippen molar-refractivity contribution >= 4 is 34.7 Å². The second kappa shape index (κ2) is 8.55. The van der Waals surface area contributed by atoms with Crippen molar-refractivity contribution < 1.29 is 5.11 Å². The van der Waals surface area contributed by atoms with Gasteiger partial charge in [-0.2, -0.15) is 0 Å². The van der Waals surface area contributed by atoms with Gasteiger partial charge < -0.3 is 10.4 Å². The Balaban J connectivity index is 2.18. The molecule has 0 aliphatic rings. The molecule has 0 fully saturated rings. The second-order valence-corrected chi connectivity index (χ2v) is 7.08. The van der Waals surface area contributed by atoms with E-state index >= 15 is 0 Å². The molecule has 0 bridgehead atoms. The summed E-state index contributed by atoms with van der Waals surface area (Å²) in [5, 5.41) is 14.4. The molecule has 9 heteroatoms. The average molecular weight is 433 g/mol. The van der Waals surface area contributed by atoms with E-state index in [0.29, 0.717) is 15.7 Å². The highest BCUT2D eigenvalue weighted by molar-refractivity contribution is 6.34. The number of halogens is 2. The smallest absolute Gasteiger partial charge is 0.333 e. The Bertz CT molecular complexity index is 1220. The van der Waals surface area contributed by atoms with Crippen molar-refractivity contribution in [1.82, 2.24) is 9.13 Å². The maximum absolute atomic E-state index is 12.8. The quantitative estimate of drug-likeness (QED) is 0.489. The van der Waals surface area contributed by atoms with Crippen LogP contribution in [0.15, 0.2) is 63.1 Å². The van der Waals surface area contributed by atoms with Gasteiger partial charge in [0.1, 0.15) is 11.4 Å². The molecule has 3 rings (SSSR count). The van der Waals surface area contributed by atoms with E-state index in [1.165, 1.54) is 14.1 Å². The first kappa shape index (κ1) is 20.7. The molecule has 0 spiro atoms. The fourth-order valence-electron chi connectivity index (χ4n) is 2.70. The van der Waals surface area contributed by atoms with Crippen molar-refractivity contribution in [1.29, 1.82) is 0 Å². The van der Waals surface area contributed by atoms with E-state index in [4.69, 9.17) is 23.2 Å². The largest absolute Gasteiger partial charge is 0.494 e. The normalized spacial score (nSPS) is 11.5. The molecule has 0 unspecified atom stereocenters. The molecule has 0 saturated heterocycles. The topological polar surface area (TPSA) is 88.6 Å². The van der Waals surface area contributed by atoms with E-state index in [-0.39, 0.29) is 17.9 Å². The van der Waals surface area contributed by atoms with E-state index in [9.17, 15) is 14.7 Å². The molecule has 1 heterocycles. The number of benzene rings is 2. The number of hydrogen-bond donors (Lipinski definition) is 2. The van der Waals surface area contributed by atoms with Crippen LogP contribution < -0.4 is 16.6 Å². The summed E-state index contributed by atoms with van der Waals surface area (Å²) in [6.45, 7) is 0.137. The third-order valence-corrected chi connectivity index (χ3v) is 5.06. The first-order valence-electron chi connectivity index (χ1n) is 8.60. The summed E-state index contributed by atoms with van der Waals surface area (Å²) in [6, 6.07) is 14.1. The number of nitrogens with one attached hydrogen (secondary N) is 1. The number of nitrogens with zero attached hydrogens (tertiary/aromatic N) is 3. The number of rotatable bonds is 4. The van der Waals surface area contributed by atoms with E-state index in [0.717, 1.165) is 14.7 Å². The fourth-order valence-corrected chi connectivity index (χ4v) is 3.08. The molecule has 0 amide bonds. The standard InChI is InChI=1S/C20H18Cl2N4O3/c1-25-18(27)16(19(28)26(2)20(25)29)17(24-15-10-6-5-9-14(15)22)23-11-12-7-3-4-8-13(12)21/h3-10,27H,11H2,1-2H3,(H,23,24). The van der Waals surface area contributed by atoms with Crippen LogP contribution in [0, 0.1) is 0 Å². The Morgan fingerprint density at radius 2 is 1.62 bits per heavy atom. The summed E-state index contributed by atoms with van der Waals surface area (Å²) >= 11 is 12.4. The van der Waals surface area contributed by atoms with Crippen LogP contribution in [0.5, 0.6) is 5.88 Å². The Hall–Kier alpha value is -3.03. The lowest BCUT2D eigenvalue weighted by molar-refractivity contribution is 0.410. The zero-order valence-corrected chi connectivity index (χ0v) is 17.2. The van der Waals surface area contributed by atoms with Gasteiger partial charge in [-0.25, -0.2) is 4.79 Å². The molecule has 2 N–H and O–H groups in total. The lowest BCUT2D eigenvalue weighted by atomic mass is 10.2. The van der Waals surface area contributed by atoms with Crippen molar-refractivity contribution in [3.63, 3.8) is 0 Å². The summed E-state index contributed by atoms with van der Waals surface area (Å²) in [7, 11) is 2.69. The molecule has 0 radical (unpaired) electrons. The molecular formula is C20H18Cl2N4O3. The molecule has 3 aromatic rings. The summed E-state index contributed by atoms with van der Waals surface area (Å²) in [5.41, 5.74) is -0.278. The number of aromatic hydroxyl groups is 1. The maximum atomic E-state index is 12.8. The molecule has 0 saturated carbocycles. The second-order valence-electron chi connectivity index (χ2n) is 6.27. The van der Waals surface area contributed by atoms with Gasteiger partial charge in [-0.1, -0.05) is 53.5 Å². The molecule has 7 nitrogen and oxygen atoms in total. The SMILES string of the molecule is Cn1c(O)c(C(=NCc2ccccc2Cl)Nc2ccccc2Cl)c(=O)n(C)c1=O. The minimum absolute atomic E-state index is 0.0618. The van der Waals surface area contributed by atoms with Gasteiger partial charge in [-0.05, 0) is 23.8 Å². The molecule has 0 aliphatic carbocycles. The zero-order chi connectivity index (χ0) is 21.1. The monoisotopic (exact) mass is 432 g/mol. The molecule has 0 aliphatic heterocycles. The molecule has 150 valence electrons. The third kappa shape index (κ3) is 4.21. The van der Waals surface area contributed by atoms with E-state index < -0.39 is 17.1 Å². The summed E-state index contributed by atoms with van der Waals surface area (Å²) in [4.78, 5) is 29.3. The van der Waals surface area contributed by atoms with E-state index in [1.54, 1.807) is 42.5 Å². The van der Waals surface area contributed by atoms with Crippen molar-refractivity contribution in [2.24, 2.45) is 19.1 Å². The van der Waals surface area contributed by atoms with Gasteiger partial charge in [0.2, 0.25) is 5.88 Å². The van der Waals surface area contributed by atoms with Crippen LogP contribution in [0.3, 0.4) is 0 Å². The first-order valence-corrected chi connectivity index (χ1v) is 9.35. The van der Waals surface area contributed by atoms with Gasteiger partial charge in [0, 0.05) is 19.1 Å². The van der Waals surface area contributed by atoms with Crippen molar-refractivity contribution in [3.05, 3.63) is 90.5 Å². The lowest BCUT2D eigenvalue weighted by Gasteiger charge is -2.15. The van der Waals surface area contributed by atoms with Gasteiger partial charge in [0.05, 0.1) is 17.3 Å². The van der Waals surface area contributed by atoms with Crippen LogP contribution in [-0.4, -0.2) is 20.1 Å². The van der Waals surface area contributed by atoms with Crippen LogP contribution in [-0.2, 0) is 20.6 Å². The maximum Gasteiger partial charge on any atom is 0.333 e. The van der Waals surface area contributed by atoms with Crippen LogP contribution in [0.4, 0.5) is 5.69 Å². The highest BCUT2D eigenvalue weighted by Gasteiger charge is 2.21. The summed E-state index contributed by atoms with van der Waals surface area (Å²) < 4.78 is 1.87. The van der Waals surface area contributed by atoms with Crippen LogP contribution in [0.1, 0.15) is 11.1 Å². The van der Waals surface area contributed by atoms with Gasteiger partial charge in [-0.15, -0.1) is 0 Å². The highest BCUT2D eigenvalue weighted by atomic mass is 35.5. The van der Waals surface area contributed by atoms with Crippen molar-refractivity contribution in [2.45, 2.75) is 6.54 Å². The lowest BCUT2D eigenvalue weighted by Crippen LogP contribution is -2.41. The van der Waals surface area contributed by atoms with Crippen molar-refractivity contribution in [2.75, 3.05) is 5.32 Å². The number of aromatic nitrogens is 2. The number of amidine groups is 1. The fraction of sp³-hybridized carbons (Fsp3) is 0.150. The van der Waals surface area contributed by atoms with Gasteiger partial charge in [0.25, 0.3) is 5.56 Å². The Morgan fingerprint density at radius 3 is 2.28 bits per heavy atom. The highest BCUT2D eigenvalue weighted by Crippen LogP contribution is 2.23. The molecular weight excluding hydrogens is 415 g/mol. The molecule has 29 heavy (non-hydrogen) atoms. The number of hydrogen-bond acceptors (Lipinski definition) is 4. The predicted octanol–water partition coefficient (Wildman–Crippen LogP) is 3.16. The van der Waals surface area contributed by atoms with Crippen LogP contribution in [0.2, 0.25) is 10.0 Å². The van der Waals surface area contributed by atoms with Gasteiger partial charge in [-0.3, -0.25) is 18.9 Å². The molecule has 0 atom stereocenters. The van der Waals surface area contributed by atoms with Gasteiger partial charge in [0.15, 0.2) is 0 Å². The van der Waals surface area contributed by atoms with Crippen LogP contribution in [0.25, 0.3) is 0 Å². The Labute approximate surface area is 176 Å². The van der Waals surface area contributed by atoms with Crippen molar-refractivity contribution in [3.8, 4) is 5.88 Å². The Kier molecular flexibility index (Phi) is 6.10. The number of para-hydroxylation sites is 1. The average Bonchev–Trinajstić information content (AvgIpc) is 2.71. The molecule has 1 aromatic heterocycles. The molecule has 2 aromatic carbocycles. The van der Waals surface area contributed by atoms with Crippen LogP contribution >= 0.6 is 23.2 Å². The first-order chi connectivity index (χ1) is 13.8. The summed E-state index contributed by atoms with van der Waals surface area (Å²) in [5.74, 6) is -0.442. The predicted molar refractivity (Wildman–Crippen MR) is 115 cm³/mol. The zero-order valence-electron chi connectivity index (χ0n) is 15.7. The third-order valence-electron chi connectivity index (χ3n) is 4.36. The number of aliphatic imine (C=N–C) groups is 1.